The summed E-state index contributed by atoms with van der Waals surface area (Å²) in [5.41, 5.74) is 1.92. The van der Waals surface area contributed by atoms with Gasteiger partial charge in [0.1, 0.15) is 5.78 Å². The van der Waals surface area contributed by atoms with Crippen LogP contribution in [0.4, 0.5) is 0 Å². The number of Topliss-reactive ketones (excluding diaryl/α,β-unsaturated/α-hetero) is 1. The summed E-state index contributed by atoms with van der Waals surface area (Å²) in [5, 5.41) is 8.95. The van der Waals surface area contributed by atoms with Crippen molar-refractivity contribution in [1.82, 2.24) is 4.90 Å². The monoisotopic (exact) mass is 275 g/mol. The quantitative estimate of drug-likeness (QED) is 0.894. The van der Waals surface area contributed by atoms with E-state index in [0.29, 0.717) is 0 Å². The highest BCUT2D eigenvalue weighted by Gasteiger charge is 2.23. The van der Waals surface area contributed by atoms with E-state index in [-0.39, 0.29) is 18.1 Å². The molecule has 1 N–H and O–H groups in total. The Morgan fingerprint density at radius 3 is 2.65 bits per heavy atom. The average Bonchev–Trinajstić information content (AvgIpc) is 2.41. The van der Waals surface area contributed by atoms with Crippen LogP contribution in [0.25, 0.3) is 0 Å². The molecule has 1 atom stereocenters. The third kappa shape index (κ3) is 3.90. The molecule has 0 amide bonds. The van der Waals surface area contributed by atoms with Gasteiger partial charge in [-0.25, -0.2) is 0 Å². The number of ketones is 1. The predicted molar refractivity (Wildman–Crippen MR) is 76.5 cm³/mol. The summed E-state index contributed by atoms with van der Waals surface area (Å²) in [4.78, 5) is 24.7. The number of rotatable bonds is 5. The van der Waals surface area contributed by atoms with Crippen LogP contribution in [0.5, 0.6) is 0 Å². The van der Waals surface area contributed by atoms with Crippen LogP contribution in [-0.4, -0.2) is 34.8 Å². The Kier molecular flexibility index (Phi) is 4.90. The Balaban J connectivity index is 2.05. The Bertz CT molecular complexity index is 498. The number of hydrogen-bond donors (Lipinski definition) is 1. The SMILES string of the molecule is CC(=O)C1CCCN(Cc2ccccc2CC(=O)O)C1. The standard InChI is InChI=1S/C16H21NO3/c1-12(18)14-7-4-8-17(10-14)11-15-6-3-2-5-13(15)9-16(19)20/h2-3,5-6,14H,4,7-11H2,1H3,(H,19,20). The molecule has 1 unspecified atom stereocenters. The molecule has 1 heterocycles. The fourth-order valence-electron chi connectivity index (χ4n) is 2.82. The van der Waals surface area contributed by atoms with Gasteiger partial charge >= 0.3 is 5.97 Å². The molecule has 1 aromatic carbocycles. The van der Waals surface area contributed by atoms with Gasteiger partial charge in [-0.05, 0) is 37.4 Å². The number of carboxylic acid groups (broad SMARTS) is 1. The van der Waals surface area contributed by atoms with Gasteiger partial charge in [-0.15, -0.1) is 0 Å². The van der Waals surface area contributed by atoms with Crippen LogP contribution in [0.15, 0.2) is 24.3 Å². The molecule has 0 aliphatic carbocycles. The van der Waals surface area contributed by atoms with E-state index in [1.807, 2.05) is 24.3 Å². The second kappa shape index (κ2) is 6.66. The summed E-state index contributed by atoms with van der Waals surface area (Å²) in [5.74, 6) is -0.415. The number of carbonyl (C=O) groups is 2. The lowest BCUT2D eigenvalue weighted by Gasteiger charge is -2.31. The van der Waals surface area contributed by atoms with Crippen molar-refractivity contribution in [3.63, 3.8) is 0 Å². The Morgan fingerprint density at radius 2 is 2.00 bits per heavy atom. The summed E-state index contributed by atoms with van der Waals surface area (Å²) in [6.07, 6.45) is 2.06. The Labute approximate surface area is 119 Å². The maximum absolute atomic E-state index is 11.5. The molecule has 0 spiro atoms. The van der Waals surface area contributed by atoms with Crippen LogP contribution in [0.3, 0.4) is 0 Å². The van der Waals surface area contributed by atoms with Crippen molar-refractivity contribution in [2.45, 2.75) is 32.7 Å². The van der Waals surface area contributed by atoms with Gasteiger partial charge in [0.05, 0.1) is 6.42 Å². The molecular formula is C16H21NO3. The van der Waals surface area contributed by atoms with E-state index < -0.39 is 5.97 Å². The van der Waals surface area contributed by atoms with Crippen LogP contribution >= 0.6 is 0 Å². The lowest BCUT2D eigenvalue weighted by molar-refractivity contribution is -0.136. The fraction of sp³-hybridized carbons (Fsp3) is 0.500. The molecule has 4 heteroatoms. The minimum absolute atomic E-state index is 0.0557. The van der Waals surface area contributed by atoms with E-state index in [2.05, 4.69) is 4.90 Å². The van der Waals surface area contributed by atoms with Crippen LogP contribution in [0.1, 0.15) is 30.9 Å². The first kappa shape index (κ1) is 14.7. The molecule has 0 aromatic heterocycles. The van der Waals surface area contributed by atoms with Crippen molar-refractivity contribution in [2.24, 2.45) is 5.92 Å². The Hall–Kier alpha value is -1.68. The number of carbonyl (C=O) groups excluding carboxylic acids is 1. The van der Waals surface area contributed by atoms with Gasteiger partial charge in [-0.2, -0.15) is 0 Å². The molecule has 108 valence electrons. The number of likely N-dealkylation sites (tertiary alicyclic amines) is 1. The molecule has 20 heavy (non-hydrogen) atoms. The normalized spacial score (nSPS) is 19.8. The molecular weight excluding hydrogens is 254 g/mol. The van der Waals surface area contributed by atoms with Crippen LogP contribution < -0.4 is 0 Å². The highest BCUT2D eigenvalue weighted by atomic mass is 16.4. The second-order valence-electron chi connectivity index (χ2n) is 5.52. The van der Waals surface area contributed by atoms with Gasteiger partial charge in [-0.1, -0.05) is 24.3 Å². The number of carboxylic acids is 1. The zero-order valence-electron chi connectivity index (χ0n) is 11.8. The van der Waals surface area contributed by atoms with Gasteiger partial charge in [0.25, 0.3) is 0 Å². The van der Waals surface area contributed by atoms with E-state index in [1.165, 1.54) is 0 Å². The molecule has 1 aromatic rings. The third-order valence-corrected chi connectivity index (χ3v) is 3.93. The van der Waals surface area contributed by atoms with Crippen molar-refractivity contribution in [3.8, 4) is 0 Å². The molecule has 1 aliphatic rings. The maximum Gasteiger partial charge on any atom is 0.307 e. The topological polar surface area (TPSA) is 57.6 Å². The van der Waals surface area contributed by atoms with Crippen LogP contribution in [0, 0.1) is 5.92 Å². The lowest BCUT2D eigenvalue weighted by atomic mass is 9.94. The second-order valence-corrected chi connectivity index (χ2v) is 5.52. The largest absolute Gasteiger partial charge is 0.481 e. The van der Waals surface area contributed by atoms with E-state index in [0.717, 1.165) is 43.6 Å². The lowest BCUT2D eigenvalue weighted by Crippen LogP contribution is -2.37. The number of nitrogens with zero attached hydrogens (tertiary/aromatic N) is 1. The molecule has 2 rings (SSSR count). The number of aliphatic carboxylic acids is 1. The van der Waals surface area contributed by atoms with E-state index in [1.54, 1.807) is 6.92 Å². The fourth-order valence-corrected chi connectivity index (χ4v) is 2.82. The molecule has 0 radical (unpaired) electrons. The number of hydrogen-bond acceptors (Lipinski definition) is 3. The van der Waals surface area contributed by atoms with E-state index >= 15 is 0 Å². The summed E-state index contributed by atoms with van der Waals surface area (Å²) in [6, 6.07) is 7.66. The number of piperidine rings is 1. The number of benzene rings is 1. The summed E-state index contributed by atoms with van der Waals surface area (Å²) in [7, 11) is 0. The Morgan fingerprint density at radius 1 is 1.30 bits per heavy atom. The zero-order valence-corrected chi connectivity index (χ0v) is 11.8. The highest BCUT2D eigenvalue weighted by molar-refractivity contribution is 5.78. The van der Waals surface area contributed by atoms with Gasteiger partial charge in [0.2, 0.25) is 0 Å². The summed E-state index contributed by atoms with van der Waals surface area (Å²) in [6.45, 7) is 4.15. The molecule has 1 saturated heterocycles. The first-order valence-electron chi connectivity index (χ1n) is 7.07. The highest BCUT2D eigenvalue weighted by Crippen LogP contribution is 2.20. The minimum Gasteiger partial charge on any atom is -0.481 e. The first-order valence-corrected chi connectivity index (χ1v) is 7.07. The molecule has 0 saturated carbocycles. The maximum atomic E-state index is 11.5. The van der Waals surface area contributed by atoms with E-state index in [4.69, 9.17) is 5.11 Å². The van der Waals surface area contributed by atoms with Gasteiger partial charge < -0.3 is 5.11 Å². The van der Waals surface area contributed by atoms with Gasteiger partial charge in [0.15, 0.2) is 0 Å². The molecule has 1 fully saturated rings. The van der Waals surface area contributed by atoms with Gasteiger partial charge in [0, 0.05) is 19.0 Å². The van der Waals surface area contributed by atoms with Crippen LogP contribution in [-0.2, 0) is 22.6 Å². The first-order chi connectivity index (χ1) is 9.56. The van der Waals surface area contributed by atoms with Crippen molar-refractivity contribution < 1.29 is 14.7 Å². The van der Waals surface area contributed by atoms with Crippen molar-refractivity contribution >= 4 is 11.8 Å². The van der Waals surface area contributed by atoms with Crippen molar-refractivity contribution in [3.05, 3.63) is 35.4 Å². The molecule has 1 aliphatic heterocycles. The summed E-state index contributed by atoms with van der Waals surface area (Å²) < 4.78 is 0. The van der Waals surface area contributed by atoms with Crippen molar-refractivity contribution in [1.29, 1.82) is 0 Å². The average molecular weight is 275 g/mol. The van der Waals surface area contributed by atoms with Gasteiger partial charge in [-0.3, -0.25) is 14.5 Å². The van der Waals surface area contributed by atoms with Crippen molar-refractivity contribution in [2.75, 3.05) is 13.1 Å². The molecule has 0 bridgehead atoms. The summed E-state index contributed by atoms with van der Waals surface area (Å²) >= 11 is 0. The smallest absolute Gasteiger partial charge is 0.307 e. The molecule has 4 nitrogen and oxygen atoms in total. The van der Waals surface area contributed by atoms with E-state index in [9.17, 15) is 9.59 Å². The predicted octanol–water partition coefficient (Wildman–Crippen LogP) is 2.11. The third-order valence-electron chi connectivity index (χ3n) is 3.93. The van der Waals surface area contributed by atoms with Crippen LogP contribution in [0.2, 0.25) is 0 Å². The zero-order chi connectivity index (χ0) is 14.5. The minimum atomic E-state index is -0.808.